The Labute approximate surface area is 94.0 Å². The summed E-state index contributed by atoms with van der Waals surface area (Å²) in [6, 6.07) is 0. The van der Waals surface area contributed by atoms with Crippen molar-refractivity contribution in [3.63, 3.8) is 0 Å². The molecule has 0 nitrogen and oxygen atoms in total. The summed E-state index contributed by atoms with van der Waals surface area (Å²) < 4.78 is 0. The molecule has 82 valence electrons. The number of hydrogen-bond donors (Lipinski definition) is 0. The fourth-order valence-electron chi connectivity index (χ4n) is 2.72. The summed E-state index contributed by atoms with van der Waals surface area (Å²) >= 11 is 0. The second kappa shape index (κ2) is 4.65. The van der Waals surface area contributed by atoms with Crippen molar-refractivity contribution in [3.8, 4) is 0 Å². The van der Waals surface area contributed by atoms with Crippen LogP contribution in [-0.2, 0) is 12.8 Å². The van der Waals surface area contributed by atoms with Crippen LogP contribution in [0.1, 0.15) is 47.2 Å². The molecule has 0 bridgehead atoms. The summed E-state index contributed by atoms with van der Waals surface area (Å²) in [5, 5.41) is 0. The van der Waals surface area contributed by atoms with Gasteiger partial charge in [0.2, 0.25) is 0 Å². The Hall–Kier alpha value is -1.04. The lowest BCUT2D eigenvalue weighted by atomic mass is 9.86. The summed E-state index contributed by atoms with van der Waals surface area (Å²) in [5.74, 6) is 0. The van der Waals surface area contributed by atoms with E-state index in [9.17, 15) is 0 Å². The van der Waals surface area contributed by atoms with Gasteiger partial charge in [-0.1, -0.05) is 26.5 Å². The van der Waals surface area contributed by atoms with Gasteiger partial charge in [0.05, 0.1) is 0 Å². The summed E-state index contributed by atoms with van der Waals surface area (Å²) in [6.45, 7) is 15.1. The van der Waals surface area contributed by atoms with Crippen LogP contribution in [0, 0.1) is 20.8 Å². The molecule has 0 atom stereocenters. The van der Waals surface area contributed by atoms with Crippen molar-refractivity contribution < 1.29 is 0 Å². The first-order chi connectivity index (χ1) is 7.08. The monoisotopic (exact) mass is 202 g/mol. The van der Waals surface area contributed by atoms with Crippen molar-refractivity contribution in [3.05, 3.63) is 40.0 Å². The zero-order chi connectivity index (χ0) is 11.6. The molecule has 15 heavy (non-hydrogen) atoms. The van der Waals surface area contributed by atoms with Crippen molar-refractivity contribution in [1.82, 2.24) is 0 Å². The molecule has 0 heteroatoms. The lowest BCUT2D eigenvalue weighted by molar-refractivity contribution is 1.00. The topological polar surface area (TPSA) is 0 Å². The van der Waals surface area contributed by atoms with Crippen molar-refractivity contribution in [1.29, 1.82) is 0 Å². The molecular formula is C15H22. The van der Waals surface area contributed by atoms with Crippen LogP contribution in [0.4, 0.5) is 0 Å². The minimum Gasteiger partial charge on any atom is -0.0984 e. The van der Waals surface area contributed by atoms with Crippen molar-refractivity contribution in [2.75, 3.05) is 0 Å². The fraction of sp³-hybridized carbons (Fsp3) is 0.467. The van der Waals surface area contributed by atoms with E-state index in [0.717, 1.165) is 12.8 Å². The van der Waals surface area contributed by atoms with Crippen LogP contribution in [0.15, 0.2) is 6.58 Å². The Morgan fingerprint density at radius 2 is 1.27 bits per heavy atom. The molecule has 1 aromatic carbocycles. The molecule has 0 unspecified atom stereocenters. The highest BCUT2D eigenvalue weighted by Gasteiger charge is 2.12. The number of hydrogen-bond acceptors (Lipinski definition) is 0. The van der Waals surface area contributed by atoms with Gasteiger partial charge in [-0.2, -0.15) is 0 Å². The van der Waals surface area contributed by atoms with E-state index < -0.39 is 0 Å². The Balaban J connectivity index is 3.64. The molecule has 1 aromatic rings. The maximum absolute atomic E-state index is 3.93. The lowest BCUT2D eigenvalue weighted by Crippen LogP contribution is -2.03. The van der Waals surface area contributed by atoms with Crippen LogP contribution in [0.25, 0.3) is 6.08 Å². The van der Waals surface area contributed by atoms with E-state index in [1.54, 1.807) is 0 Å². The summed E-state index contributed by atoms with van der Waals surface area (Å²) in [5.41, 5.74) is 8.68. The molecule has 0 spiro atoms. The van der Waals surface area contributed by atoms with Gasteiger partial charge in [0.15, 0.2) is 0 Å². The SMILES string of the molecule is C=Cc1c(C)c(CC)c(C)c(CC)c1C. The predicted octanol–water partition coefficient (Wildman–Crippen LogP) is 4.38. The molecule has 0 aliphatic rings. The first kappa shape index (κ1) is 12.0. The van der Waals surface area contributed by atoms with Gasteiger partial charge >= 0.3 is 0 Å². The molecule has 0 heterocycles. The Morgan fingerprint density at radius 1 is 0.867 bits per heavy atom. The van der Waals surface area contributed by atoms with E-state index in [-0.39, 0.29) is 0 Å². The van der Waals surface area contributed by atoms with Crippen molar-refractivity contribution >= 4 is 6.08 Å². The molecule has 0 aliphatic carbocycles. The summed E-state index contributed by atoms with van der Waals surface area (Å²) in [7, 11) is 0. The van der Waals surface area contributed by atoms with Gasteiger partial charge in [-0.05, 0) is 67.0 Å². The minimum atomic E-state index is 1.12. The zero-order valence-corrected chi connectivity index (χ0v) is 10.7. The normalized spacial score (nSPS) is 10.5. The Bertz CT molecular complexity index is 353. The summed E-state index contributed by atoms with van der Waals surface area (Å²) in [6.07, 6.45) is 4.24. The number of benzene rings is 1. The average Bonchev–Trinajstić information content (AvgIpc) is 2.19. The zero-order valence-electron chi connectivity index (χ0n) is 10.7. The highest BCUT2D eigenvalue weighted by Crippen LogP contribution is 2.28. The molecule has 0 amide bonds. The highest BCUT2D eigenvalue weighted by molar-refractivity contribution is 5.62. The van der Waals surface area contributed by atoms with E-state index in [1.165, 1.54) is 33.4 Å². The summed E-state index contributed by atoms with van der Waals surface area (Å²) in [4.78, 5) is 0. The van der Waals surface area contributed by atoms with Gasteiger partial charge in [-0.15, -0.1) is 0 Å². The van der Waals surface area contributed by atoms with Crippen LogP contribution in [0.2, 0.25) is 0 Å². The van der Waals surface area contributed by atoms with Gasteiger partial charge in [-0.3, -0.25) is 0 Å². The average molecular weight is 202 g/mol. The molecule has 0 fully saturated rings. The van der Waals surface area contributed by atoms with E-state index in [1.807, 2.05) is 6.08 Å². The lowest BCUT2D eigenvalue weighted by Gasteiger charge is -2.19. The fourth-order valence-corrected chi connectivity index (χ4v) is 2.72. The van der Waals surface area contributed by atoms with Crippen molar-refractivity contribution in [2.24, 2.45) is 0 Å². The van der Waals surface area contributed by atoms with Crippen LogP contribution in [0.3, 0.4) is 0 Å². The van der Waals surface area contributed by atoms with Gasteiger partial charge < -0.3 is 0 Å². The number of rotatable bonds is 3. The Kier molecular flexibility index (Phi) is 3.73. The van der Waals surface area contributed by atoms with E-state index >= 15 is 0 Å². The molecule has 0 N–H and O–H groups in total. The molecule has 0 radical (unpaired) electrons. The Morgan fingerprint density at radius 3 is 1.53 bits per heavy atom. The first-order valence-electron chi connectivity index (χ1n) is 5.82. The minimum absolute atomic E-state index is 1.12. The molecule has 0 aliphatic heterocycles. The van der Waals surface area contributed by atoms with E-state index in [0.29, 0.717) is 0 Å². The van der Waals surface area contributed by atoms with Gasteiger partial charge in [0.25, 0.3) is 0 Å². The third-order valence-corrected chi connectivity index (χ3v) is 3.53. The van der Waals surface area contributed by atoms with Crippen LogP contribution < -0.4 is 0 Å². The molecular weight excluding hydrogens is 180 g/mol. The second-order valence-corrected chi connectivity index (χ2v) is 4.16. The standard InChI is InChI=1S/C15H22/c1-7-13-10(4)14(8-2)12(6)15(9-3)11(13)5/h7H,1,8-9H2,2-6H3. The van der Waals surface area contributed by atoms with Crippen molar-refractivity contribution in [2.45, 2.75) is 47.5 Å². The van der Waals surface area contributed by atoms with Gasteiger partial charge in [0.1, 0.15) is 0 Å². The van der Waals surface area contributed by atoms with E-state index in [2.05, 4.69) is 41.2 Å². The quantitative estimate of drug-likeness (QED) is 0.682. The van der Waals surface area contributed by atoms with E-state index in [4.69, 9.17) is 0 Å². The largest absolute Gasteiger partial charge is 0.0984 e. The smallest absolute Gasteiger partial charge is 0.0198 e. The van der Waals surface area contributed by atoms with Crippen LogP contribution >= 0.6 is 0 Å². The third-order valence-electron chi connectivity index (χ3n) is 3.53. The first-order valence-corrected chi connectivity index (χ1v) is 5.82. The molecule has 0 aromatic heterocycles. The van der Waals surface area contributed by atoms with Crippen LogP contribution in [-0.4, -0.2) is 0 Å². The maximum atomic E-state index is 3.93. The van der Waals surface area contributed by atoms with Crippen LogP contribution in [0.5, 0.6) is 0 Å². The second-order valence-electron chi connectivity index (χ2n) is 4.16. The van der Waals surface area contributed by atoms with Gasteiger partial charge in [0, 0.05) is 0 Å². The maximum Gasteiger partial charge on any atom is -0.0198 e. The predicted molar refractivity (Wildman–Crippen MR) is 69.5 cm³/mol. The molecule has 0 saturated carbocycles. The third kappa shape index (κ3) is 1.86. The molecule has 0 saturated heterocycles. The van der Waals surface area contributed by atoms with Gasteiger partial charge in [-0.25, -0.2) is 0 Å². The molecule has 1 rings (SSSR count). The highest BCUT2D eigenvalue weighted by atomic mass is 14.2.